The first-order chi connectivity index (χ1) is 7.66. The first kappa shape index (κ1) is 15.6. The Balaban J connectivity index is 4.46. The summed E-state index contributed by atoms with van der Waals surface area (Å²) in [5.74, 6) is -0.290. The van der Waals surface area contributed by atoms with Crippen LogP contribution in [0.5, 0.6) is 0 Å². The maximum Gasteiger partial charge on any atom is 0.323 e. The number of hydrogen-bond acceptors (Lipinski definition) is 3. The summed E-state index contributed by atoms with van der Waals surface area (Å²) in [4.78, 5) is 11.9. The summed E-state index contributed by atoms with van der Waals surface area (Å²) >= 11 is 0. The van der Waals surface area contributed by atoms with E-state index >= 15 is 0 Å². The van der Waals surface area contributed by atoms with E-state index in [-0.39, 0.29) is 14.4 Å². The van der Waals surface area contributed by atoms with Crippen LogP contribution in [0.4, 0.5) is 0 Å². The van der Waals surface area contributed by atoms with Crippen molar-refractivity contribution in [2.24, 2.45) is 0 Å². The van der Waals surface area contributed by atoms with E-state index in [9.17, 15) is 9.36 Å². The molecule has 0 saturated carbocycles. The molecule has 0 unspecified atom stereocenters. The van der Waals surface area contributed by atoms with Crippen molar-refractivity contribution in [2.75, 3.05) is 6.61 Å². The van der Waals surface area contributed by atoms with Crippen molar-refractivity contribution in [1.82, 2.24) is 0 Å². The fraction of sp³-hybridized carbons (Fsp3) is 0.917. The van der Waals surface area contributed by atoms with Crippen LogP contribution >= 0.6 is 8.46 Å². The van der Waals surface area contributed by atoms with Crippen LogP contribution < -0.4 is 0 Å². The second-order valence-electron chi connectivity index (χ2n) is 4.11. The molecule has 0 aromatic rings. The fourth-order valence-electron chi connectivity index (χ4n) is 1.73. The summed E-state index contributed by atoms with van der Waals surface area (Å²) in [5.41, 5.74) is 0. The predicted octanol–water partition coefficient (Wildman–Crippen LogP) is 3.96. The zero-order chi connectivity index (χ0) is 12.4. The first-order valence-corrected chi connectivity index (χ1v) is 6.99. The lowest BCUT2D eigenvalue weighted by molar-refractivity contribution is -0.147. The molecule has 0 amide bonds. The molecule has 0 saturated heterocycles. The Bertz CT molecular complexity index is 210. The molecule has 0 bridgehead atoms. The van der Waals surface area contributed by atoms with Gasteiger partial charge in [0.15, 0.2) is 8.46 Å². The van der Waals surface area contributed by atoms with Gasteiger partial charge in [-0.3, -0.25) is 9.36 Å². The zero-order valence-corrected chi connectivity index (χ0v) is 11.5. The molecule has 0 fully saturated rings. The van der Waals surface area contributed by atoms with Gasteiger partial charge in [-0.05, 0) is 19.3 Å². The Morgan fingerprint density at radius 3 is 2.06 bits per heavy atom. The van der Waals surface area contributed by atoms with Gasteiger partial charge in [0.05, 0.1) is 6.61 Å². The molecule has 0 heterocycles. The van der Waals surface area contributed by atoms with E-state index in [1.807, 2.05) is 20.8 Å². The molecule has 0 aromatic carbocycles. The molecule has 4 heteroatoms. The maximum atomic E-state index is 11.9. The molecule has 0 aliphatic rings. The van der Waals surface area contributed by atoms with E-state index in [0.29, 0.717) is 19.4 Å². The van der Waals surface area contributed by atoms with Crippen LogP contribution in [0.25, 0.3) is 0 Å². The van der Waals surface area contributed by atoms with Crippen molar-refractivity contribution in [3.8, 4) is 0 Å². The topological polar surface area (TPSA) is 43.4 Å². The molecule has 0 atom stereocenters. The highest BCUT2D eigenvalue weighted by atomic mass is 31.1. The van der Waals surface area contributed by atoms with Crippen LogP contribution in [0.15, 0.2) is 0 Å². The summed E-state index contributed by atoms with van der Waals surface area (Å²) in [6, 6.07) is 0. The van der Waals surface area contributed by atoms with E-state index in [1.54, 1.807) is 0 Å². The highest BCUT2D eigenvalue weighted by molar-refractivity contribution is 7.27. The van der Waals surface area contributed by atoms with Gasteiger partial charge in [-0.25, -0.2) is 0 Å². The quantitative estimate of drug-likeness (QED) is 0.351. The van der Waals surface area contributed by atoms with Crippen molar-refractivity contribution in [3.63, 3.8) is 0 Å². The molecule has 0 aliphatic heterocycles. The maximum absolute atomic E-state index is 11.9. The predicted molar refractivity (Wildman–Crippen MR) is 66.0 cm³/mol. The number of hydrogen-bond donors (Lipinski definition) is 0. The first-order valence-electron chi connectivity index (χ1n) is 6.18. The Hall–Kier alpha value is -0.430. The number of rotatable bonds is 9. The molecule has 0 aliphatic carbocycles. The van der Waals surface area contributed by atoms with E-state index in [2.05, 4.69) is 0 Å². The monoisotopic (exact) mass is 246 g/mol. The number of esters is 1. The average Bonchev–Trinajstić information content (AvgIpc) is 2.28. The van der Waals surface area contributed by atoms with Crippen LogP contribution in [0.2, 0.25) is 0 Å². The van der Waals surface area contributed by atoms with Crippen molar-refractivity contribution in [2.45, 2.75) is 64.5 Å². The largest absolute Gasteiger partial charge is 0.465 e. The van der Waals surface area contributed by atoms with Gasteiger partial charge in [-0.2, -0.15) is 0 Å². The molecular weight excluding hydrogens is 223 g/mol. The van der Waals surface area contributed by atoms with Crippen molar-refractivity contribution < 1.29 is 14.1 Å². The van der Waals surface area contributed by atoms with Crippen LogP contribution in [-0.2, 0) is 14.1 Å². The number of ether oxygens (including phenoxy) is 1. The average molecular weight is 246 g/mol. The Kier molecular flexibility index (Phi) is 8.46. The van der Waals surface area contributed by atoms with E-state index in [0.717, 1.165) is 25.7 Å². The van der Waals surface area contributed by atoms with Crippen molar-refractivity contribution in [3.05, 3.63) is 0 Å². The second-order valence-corrected chi connectivity index (χ2v) is 5.15. The number of unbranched alkanes of at least 4 members (excludes halogenated alkanes) is 1. The summed E-state index contributed by atoms with van der Waals surface area (Å²) < 4.78 is 16.5. The lowest BCUT2D eigenvalue weighted by atomic mass is 9.97. The van der Waals surface area contributed by atoms with Gasteiger partial charge in [0.25, 0.3) is 0 Å². The van der Waals surface area contributed by atoms with Gasteiger partial charge in [-0.1, -0.05) is 40.0 Å². The van der Waals surface area contributed by atoms with E-state index in [1.165, 1.54) is 0 Å². The third-order valence-electron chi connectivity index (χ3n) is 2.61. The summed E-state index contributed by atoms with van der Waals surface area (Å²) in [6.45, 7) is 6.48. The minimum absolute atomic E-state index is 0.0957. The third-order valence-corrected chi connectivity index (χ3v) is 3.59. The molecular formula is C12H23O3P. The Morgan fingerprint density at radius 1 is 1.12 bits per heavy atom. The van der Waals surface area contributed by atoms with Gasteiger partial charge in [0, 0.05) is 0 Å². The number of carbonyl (C=O) groups excluding carboxylic acids is 1. The smallest absolute Gasteiger partial charge is 0.323 e. The summed E-state index contributed by atoms with van der Waals surface area (Å²) in [6.07, 6.45) is 4.83. The lowest BCUT2D eigenvalue weighted by Crippen LogP contribution is -2.34. The molecule has 0 rings (SSSR count). The van der Waals surface area contributed by atoms with Gasteiger partial charge < -0.3 is 4.74 Å². The normalized spacial score (nSPS) is 11.7. The fourth-order valence-corrected chi connectivity index (χ4v) is 2.50. The van der Waals surface area contributed by atoms with Gasteiger partial charge in [-0.15, -0.1) is 0 Å². The Labute approximate surface area is 100 Å². The highest BCUT2D eigenvalue weighted by Gasteiger charge is 2.39. The minimum Gasteiger partial charge on any atom is -0.465 e. The van der Waals surface area contributed by atoms with E-state index in [4.69, 9.17) is 4.74 Å². The Morgan fingerprint density at radius 2 is 1.69 bits per heavy atom. The van der Waals surface area contributed by atoms with Crippen molar-refractivity contribution >= 4 is 14.4 Å². The SMILES string of the molecule is CCCCOC(=O)C(CCC)(CCC)P=O. The summed E-state index contributed by atoms with van der Waals surface area (Å²) in [7, 11) is -0.0957. The molecule has 0 radical (unpaired) electrons. The van der Waals surface area contributed by atoms with Gasteiger partial charge >= 0.3 is 5.97 Å². The molecule has 0 spiro atoms. The van der Waals surface area contributed by atoms with Crippen LogP contribution in [0, 0.1) is 0 Å². The van der Waals surface area contributed by atoms with Crippen LogP contribution in [0.1, 0.15) is 59.3 Å². The standard InChI is InChI=1S/C12H23O3P/c1-4-7-10-15-11(13)12(16-14,8-5-2)9-6-3/h4-10H2,1-3H3. The molecule has 3 nitrogen and oxygen atoms in total. The highest BCUT2D eigenvalue weighted by Crippen LogP contribution is 2.35. The number of carbonyl (C=O) groups is 1. The minimum atomic E-state index is -0.794. The van der Waals surface area contributed by atoms with Crippen LogP contribution in [0.3, 0.4) is 0 Å². The molecule has 0 N–H and O–H groups in total. The molecule has 0 aromatic heterocycles. The molecule has 94 valence electrons. The molecule has 16 heavy (non-hydrogen) atoms. The zero-order valence-electron chi connectivity index (χ0n) is 10.6. The van der Waals surface area contributed by atoms with Gasteiger partial charge in [0.1, 0.15) is 5.16 Å². The van der Waals surface area contributed by atoms with E-state index < -0.39 is 5.16 Å². The third kappa shape index (κ3) is 4.61. The lowest BCUT2D eigenvalue weighted by Gasteiger charge is -2.23. The van der Waals surface area contributed by atoms with Crippen LogP contribution in [-0.4, -0.2) is 17.7 Å². The van der Waals surface area contributed by atoms with Gasteiger partial charge in [0.2, 0.25) is 0 Å². The summed E-state index contributed by atoms with van der Waals surface area (Å²) in [5, 5.41) is -0.794. The van der Waals surface area contributed by atoms with Crippen molar-refractivity contribution in [1.29, 1.82) is 0 Å². The second kappa shape index (κ2) is 8.69.